The quantitative estimate of drug-likeness (QED) is 0.783. The third-order valence-corrected chi connectivity index (χ3v) is 3.69. The zero-order valence-corrected chi connectivity index (χ0v) is 11.1. The third kappa shape index (κ3) is 3.53. The second kappa shape index (κ2) is 6.85. The molecule has 0 aliphatic heterocycles. The lowest BCUT2D eigenvalue weighted by Gasteiger charge is -2.24. The molecular formula is C13H23N3O2. The summed E-state index contributed by atoms with van der Waals surface area (Å²) in [7, 11) is 0. The van der Waals surface area contributed by atoms with E-state index in [0.29, 0.717) is 18.4 Å². The molecule has 2 rings (SSSR count). The van der Waals surface area contributed by atoms with Crippen molar-refractivity contribution in [3.05, 3.63) is 11.7 Å². The first kappa shape index (κ1) is 13.5. The molecule has 5 heteroatoms. The number of ether oxygens (including phenoxy) is 1. The van der Waals surface area contributed by atoms with Crippen molar-refractivity contribution >= 4 is 0 Å². The number of nitrogens with two attached hydrogens (primary N) is 1. The Labute approximate surface area is 108 Å². The molecule has 0 bridgehead atoms. The maximum absolute atomic E-state index is 5.69. The molecule has 1 aromatic heterocycles. The van der Waals surface area contributed by atoms with Crippen LogP contribution in [0.5, 0.6) is 0 Å². The van der Waals surface area contributed by atoms with Gasteiger partial charge in [-0.3, -0.25) is 0 Å². The maximum Gasteiger partial charge on any atom is 0.229 e. The molecule has 0 saturated heterocycles. The van der Waals surface area contributed by atoms with Crippen LogP contribution < -0.4 is 5.73 Å². The Balaban J connectivity index is 1.82. The van der Waals surface area contributed by atoms with Gasteiger partial charge in [0.2, 0.25) is 5.89 Å². The highest BCUT2D eigenvalue weighted by molar-refractivity contribution is 4.96. The molecule has 1 aromatic rings. The van der Waals surface area contributed by atoms with Gasteiger partial charge < -0.3 is 15.0 Å². The van der Waals surface area contributed by atoms with E-state index in [9.17, 15) is 0 Å². The van der Waals surface area contributed by atoms with Crippen molar-refractivity contribution in [2.24, 2.45) is 11.7 Å². The Hall–Kier alpha value is -0.940. The SMILES string of the molecule is CCOCCc1noc(C2CCC(CN)CC2)n1. The van der Waals surface area contributed by atoms with E-state index in [1.54, 1.807) is 0 Å². The molecule has 18 heavy (non-hydrogen) atoms. The van der Waals surface area contributed by atoms with Gasteiger partial charge in [0.15, 0.2) is 5.82 Å². The first-order valence-electron chi connectivity index (χ1n) is 6.93. The van der Waals surface area contributed by atoms with Crippen molar-refractivity contribution in [3.8, 4) is 0 Å². The summed E-state index contributed by atoms with van der Waals surface area (Å²) < 4.78 is 10.6. The van der Waals surface area contributed by atoms with Gasteiger partial charge in [-0.05, 0) is 45.1 Å². The minimum Gasteiger partial charge on any atom is -0.381 e. The normalized spacial score (nSPS) is 24.3. The average molecular weight is 253 g/mol. The smallest absolute Gasteiger partial charge is 0.229 e. The van der Waals surface area contributed by atoms with Gasteiger partial charge in [0.05, 0.1) is 6.61 Å². The van der Waals surface area contributed by atoms with Crippen LogP contribution >= 0.6 is 0 Å². The first-order valence-corrected chi connectivity index (χ1v) is 6.93. The minimum atomic E-state index is 0.432. The average Bonchev–Trinajstić information content (AvgIpc) is 2.88. The number of hydrogen-bond donors (Lipinski definition) is 1. The molecular weight excluding hydrogens is 230 g/mol. The van der Waals surface area contributed by atoms with E-state index in [2.05, 4.69) is 10.1 Å². The van der Waals surface area contributed by atoms with Crippen molar-refractivity contribution in [2.45, 2.75) is 44.9 Å². The van der Waals surface area contributed by atoms with Gasteiger partial charge in [0.1, 0.15) is 0 Å². The lowest BCUT2D eigenvalue weighted by atomic mass is 9.82. The van der Waals surface area contributed by atoms with E-state index >= 15 is 0 Å². The van der Waals surface area contributed by atoms with Gasteiger partial charge in [0, 0.05) is 18.9 Å². The molecule has 1 saturated carbocycles. The molecule has 2 N–H and O–H groups in total. The summed E-state index contributed by atoms with van der Waals surface area (Å²) in [5, 5.41) is 4.01. The predicted octanol–water partition coefficient (Wildman–Crippen LogP) is 1.88. The summed E-state index contributed by atoms with van der Waals surface area (Å²) in [6, 6.07) is 0. The number of nitrogens with zero attached hydrogens (tertiary/aromatic N) is 2. The van der Waals surface area contributed by atoms with Crippen molar-refractivity contribution in [3.63, 3.8) is 0 Å². The van der Waals surface area contributed by atoms with E-state index < -0.39 is 0 Å². The highest BCUT2D eigenvalue weighted by Gasteiger charge is 2.25. The fourth-order valence-electron chi connectivity index (χ4n) is 2.49. The molecule has 1 fully saturated rings. The molecule has 1 aliphatic carbocycles. The number of hydrogen-bond acceptors (Lipinski definition) is 5. The molecule has 0 aromatic carbocycles. The zero-order chi connectivity index (χ0) is 12.8. The lowest BCUT2D eigenvalue weighted by molar-refractivity contribution is 0.149. The predicted molar refractivity (Wildman–Crippen MR) is 68.2 cm³/mol. The van der Waals surface area contributed by atoms with Crippen LogP contribution in [0.2, 0.25) is 0 Å². The van der Waals surface area contributed by atoms with Gasteiger partial charge in [-0.1, -0.05) is 5.16 Å². The number of rotatable bonds is 6. The Kier molecular flexibility index (Phi) is 5.13. The standard InChI is InChI=1S/C13H23N3O2/c1-2-17-8-7-12-15-13(18-16-12)11-5-3-10(9-14)4-6-11/h10-11H,2-9,14H2,1H3. The summed E-state index contributed by atoms with van der Waals surface area (Å²) in [5.74, 6) is 2.68. The largest absolute Gasteiger partial charge is 0.381 e. The van der Waals surface area contributed by atoms with Crippen LogP contribution in [0.1, 0.15) is 50.2 Å². The molecule has 1 heterocycles. The van der Waals surface area contributed by atoms with Gasteiger partial charge in [0.25, 0.3) is 0 Å². The van der Waals surface area contributed by atoms with Crippen LogP contribution in [0.25, 0.3) is 0 Å². The molecule has 5 nitrogen and oxygen atoms in total. The van der Waals surface area contributed by atoms with Crippen molar-refractivity contribution in [1.29, 1.82) is 0 Å². The van der Waals surface area contributed by atoms with E-state index in [0.717, 1.165) is 44.1 Å². The van der Waals surface area contributed by atoms with E-state index in [-0.39, 0.29) is 0 Å². The van der Waals surface area contributed by atoms with Crippen LogP contribution in [0.4, 0.5) is 0 Å². The topological polar surface area (TPSA) is 74.2 Å². The van der Waals surface area contributed by atoms with E-state index in [1.807, 2.05) is 6.92 Å². The summed E-state index contributed by atoms with van der Waals surface area (Å²) in [5.41, 5.74) is 5.69. The number of aromatic nitrogens is 2. The molecule has 0 radical (unpaired) electrons. The second-order valence-electron chi connectivity index (χ2n) is 4.95. The minimum absolute atomic E-state index is 0.432. The fourth-order valence-corrected chi connectivity index (χ4v) is 2.49. The van der Waals surface area contributed by atoms with Crippen LogP contribution in [-0.4, -0.2) is 29.9 Å². The van der Waals surface area contributed by atoms with Crippen molar-refractivity contribution < 1.29 is 9.26 Å². The monoisotopic (exact) mass is 253 g/mol. The van der Waals surface area contributed by atoms with Crippen LogP contribution in [0.3, 0.4) is 0 Å². The molecule has 0 amide bonds. The summed E-state index contributed by atoms with van der Waals surface area (Å²) in [6.07, 6.45) is 5.33. The van der Waals surface area contributed by atoms with Crippen LogP contribution in [-0.2, 0) is 11.2 Å². The molecule has 0 unspecified atom stereocenters. The zero-order valence-electron chi connectivity index (χ0n) is 11.1. The third-order valence-electron chi connectivity index (χ3n) is 3.69. The van der Waals surface area contributed by atoms with Crippen LogP contribution in [0, 0.1) is 5.92 Å². The van der Waals surface area contributed by atoms with Crippen molar-refractivity contribution in [1.82, 2.24) is 10.1 Å². The molecule has 1 aliphatic rings. The lowest BCUT2D eigenvalue weighted by Crippen LogP contribution is -2.20. The van der Waals surface area contributed by atoms with E-state index in [1.165, 1.54) is 12.8 Å². The fraction of sp³-hybridized carbons (Fsp3) is 0.846. The van der Waals surface area contributed by atoms with Gasteiger partial charge in [-0.15, -0.1) is 0 Å². The van der Waals surface area contributed by atoms with Gasteiger partial charge >= 0.3 is 0 Å². The van der Waals surface area contributed by atoms with Crippen molar-refractivity contribution in [2.75, 3.05) is 19.8 Å². The highest BCUT2D eigenvalue weighted by atomic mass is 16.5. The van der Waals surface area contributed by atoms with Gasteiger partial charge in [-0.2, -0.15) is 4.98 Å². The van der Waals surface area contributed by atoms with E-state index in [4.69, 9.17) is 15.0 Å². The van der Waals surface area contributed by atoms with Crippen LogP contribution in [0.15, 0.2) is 4.52 Å². The Morgan fingerprint density at radius 2 is 2.11 bits per heavy atom. The first-order chi connectivity index (χ1) is 8.83. The summed E-state index contributed by atoms with van der Waals surface area (Å²) in [4.78, 5) is 4.47. The maximum atomic E-state index is 5.69. The molecule has 102 valence electrons. The summed E-state index contributed by atoms with van der Waals surface area (Å²) in [6.45, 7) is 4.18. The Bertz CT molecular complexity index is 346. The molecule has 0 atom stereocenters. The second-order valence-corrected chi connectivity index (χ2v) is 4.95. The van der Waals surface area contributed by atoms with Gasteiger partial charge in [-0.25, -0.2) is 0 Å². The highest BCUT2D eigenvalue weighted by Crippen LogP contribution is 2.34. The summed E-state index contributed by atoms with van der Waals surface area (Å²) >= 11 is 0. The Morgan fingerprint density at radius 3 is 2.78 bits per heavy atom. The Morgan fingerprint density at radius 1 is 1.33 bits per heavy atom. The molecule has 0 spiro atoms.